The second kappa shape index (κ2) is 9.65. The monoisotopic (exact) mass is 377 g/mol. The van der Waals surface area contributed by atoms with Gasteiger partial charge in [0.15, 0.2) is 0 Å². The Morgan fingerprint density at radius 3 is 2.22 bits per heavy atom. The number of aromatic nitrogens is 2. The molecular formula is C18H23N3O6. The van der Waals surface area contributed by atoms with Gasteiger partial charge in [-0.3, -0.25) is 14.4 Å². The van der Waals surface area contributed by atoms with E-state index in [1.807, 2.05) is 0 Å². The largest absolute Gasteiger partial charge is 0.466 e. The topological polar surface area (TPSA) is 112 Å². The molecule has 0 aliphatic heterocycles. The number of amides is 1. The van der Waals surface area contributed by atoms with Gasteiger partial charge >= 0.3 is 11.9 Å². The van der Waals surface area contributed by atoms with Crippen LogP contribution in [-0.4, -0.2) is 59.4 Å². The molecule has 1 aromatic heterocycles. The lowest BCUT2D eigenvalue weighted by atomic mass is 10.1. The van der Waals surface area contributed by atoms with Crippen LogP contribution in [0.5, 0.6) is 0 Å². The molecule has 0 unspecified atom stereocenters. The van der Waals surface area contributed by atoms with Crippen LogP contribution in [-0.2, 0) is 30.3 Å². The van der Waals surface area contributed by atoms with Gasteiger partial charge < -0.3 is 14.4 Å². The number of rotatable bonds is 9. The smallest absolute Gasteiger partial charge is 0.302 e. The highest BCUT2D eigenvalue weighted by molar-refractivity contribution is 5.81. The number of hydrogen-bond acceptors (Lipinski definition) is 8. The number of fused-ring (bicyclic) bond motifs is 1. The summed E-state index contributed by atoms with van der Waals surface area (Å²) in [6.45, 7) is 3.04. The highest BCUT2D eigenvalue weighted by Gasteiger charge is 2.21. The van der Waals surface area contributed by atoms with Gasteiger partial charge in [0.1, 0.15) is 11.0 Å². The molecule has 0 saturated carbocycles. The number of carbonyl (C=O) groups excluding carboxylic acids is 3. The minimum Gasteiger partial charge on any atom is -0.466 e. The summed E-state index contributed by atoms with van der Waals surface area (Å²) < 4.78 is 14.6. The summed E-state index contributed by atoms with van der Waals surface area (Å²) in [4.78, 5) is 36.2. The number of ether oxygens (including phenoxy) is 2. The molecule has 2 aromatic rings. The van der Waals surface area contributed by atoms with Crippen molar-refractivity contribution in [1.82, 2.24) is 15.2 Å². The first kappa shape index (κ1) is 20.3. The molecule has 0 aliphatic rings. The van der Waals surface area contributed by atoms with Crippen molar-refractivity contribution in [1.29, 1.82) is 0 Å². The molecule has 9 heteroatoms. The highest BCUT2D eigenvalue weighted by Crippen LogP contribution is 2.15. The summed E-state index contributed by atoms with van der Waals surface area (Å²) in [6.07, 6.45) is 1.08. The Hall–Kier alpha value is -2.97. The van der Waals surface area contributed by atoms with Crippen LogP contribution in [0.25, 0.3) is 11.0 Å². The Labute approximate surface area is 156 Å². The first-order chi connectivity index (χ1) is 12.9. The van der Waals surface area contributed by atoms with Crippen molar-refractivity contribution in [2.75, 3.05) is 20.3 Å². The number of esters is 2. The van der Waals surface area contributed by atoms with E-state index in [1.165, 1.54) is 13.8 Å². The van der Waals surface area contributed by atoms with Crippen LogP contribution in [0.2, 0.25) is 0 Å². The maximum atomic E-state index is 12.7. The third-order valence-corrected chi connectivity index (χ3v) is 4.13. The molecule has 1 aromatic carbocycles. The minimum atomic E-state index is -0.378. The van der Waals surface area contributed by atoms with Crippen LogP contribution < -0.4 is 0 Å². The van der Waals surface area contributed by atoms with E-state index in [1.54, 1.807) is 30.1 Å². The SMILES string of the molecule is CC(=O)OCCC(CCOC(C)=O)N(C)C(=O)Cc1ccc2nonc2c1. The van der Waals surface area contributed by atoms with E-state index in [4.69, 9.17) is 9.47 Å². The normalized spacial score (nSPS) is 10.8. The predicted octanol–water partition coefficient (Wildman–Crippen LogP) is 1.50. The van der Waals surface area contributed by atoms with Crippen molar-refractivity contribution >= 4 is 28.9 Å². The van der Waals surface area contributed by atoms with Crippen LogP contribution in [0.1, 0.15) is 32.3 Å². The molecule has 0 saturated heterocycles. The van der Waals surface area contributed by atoms with Crippen molar-refractivity contribution in [2.45, 2.75) is 39.2 Å². The lowest BCUT2D eigenvalue weighted by molar-refractivity contribution is -0.141. The van der Waals surface area contributed by atoms with E-state index < -0.39 is 0 Å². The molecule has 0 spiro atoms. The summed E-state index contributed by atoms with van der Waals surface area (Å²) in [7, 11) is 1.69. The number of likely N-dealkylation sites (N-methyl/N-ethyl adjacent to an activating group) is 1. The maximum absolute atomic E-state index is 12.7. The van der Waals surface area contributed by atoms with E-state index in [0.29, 0.717) is 23.9 Å². The Morgan fingerprint density at radius 1 is 1.04 bits per heavy atom. The molecule has 0 N–H and O–H groups in total. The van der Waals surface area contributed by atoms with E-state index in [2.05, 4.69) is 14.9 Å². The number of carbonyl (C=O) groups is 3. The third kappa shape index (κ3) is 6.36. The van der Waals surface area contributed by atoms with E-state index in [9.17, 15) is 14.4 Å². The molecule has 146 valence electrons. The zero-order valence-electron chi connectivity index (χ0n) is 15.6. The Balaban J connectivity index is 1.98. The Bertz CT molecular complexity index is 783. The van der Waals surface area contributed by atoms with Crippen LogP contribution in [0.3, 0.4) is 0 Å². The van der Waals surface area contributed by atoms with Crippen molar-refractivity contribution in [3.05, 3.63) is 23.8 Å². The zero-order valence-corrected chi connectivity index (χ0v) is 15.6. The zero-order chi connectivity index (χ0) is 19.8. The van der Waals surface area contributed by atoms with E-state index in [-0.39, 0.29) is 43.5 Å². The second-order valence-corrected chi connectivity index (χ2v) is 6.18. The first-order valence-corrected chi connectivity index (χ1v) is 8.60. The number of benzene rings is 1. The van der Waals surface area contributed by atoms with Crippen LogP contribution >= 0.6 is 0 Å². The van der Waals surface area contributed by atoms with E-state index in [0.717, 1.165) is 5.56 Å². The molecule has 2 rings (SSSR count). The summed E-state index contributed by atoms with van der Waals surface area (Å²) in [6, 6.07) is 5.07. The van der Waals surface area contributed by atoms with Crippen LogP contribution in [0, 0.1) is 0 Å². The minimum absolute atomic E-state index is 0.110. The summed E-state index contributed by atoms with van der Waals surface area (Å²) in [5, 5.41) is 7.51. The standard InChI is InChI=1S/C18H23N3O6/c1-12(22)25-8-6-15(7-9-26-13(2)23)21(3)18(24)11-14-4-5-16-17(10-14)20-27-19-16/h4-5,10,15H,6-9,11H2,1-3H3. The number of nitrogens with zero attached hydrogens (tertiary/aromatic N) is 3. The second-order valence-electron chi connectivity index (χ2n) is 6.18. The molecule has 1 heterocycles. The molecule has 0 bridgehead atoms. The van der Waals surface area contributed by atoms with Gasteiger partial charge in [-0.1, -0.05) is 6.07 Å². The Morgan fingerprint density at radius 2 is 1.63 bits per heavy atom. The van der Waals surface area contributed by atoms with Gasteiger partial charge in [0.2, 0.25) is 5.91 Å². The van der Waals surface area contributed by atoms with Crippen molar-refractivity contribution < 1.29 is 28.5 Å². The fraction of sp³-hybridized carbons (Fsp3) is 0.500. The average molecular weight is 377 g/mol. The third-order valence-electron chi connectivity index (χ3n) is 4.13. The van der Waals surface area contributed by atoms with Gasteiger partial charge in [-0.15, -0.1) is 0 Å². The molecule has 0 atom stereocenters. The first-order valence-electron chi connectivity index (χ1n) is 8.60. The highest BCUT2D eigenvalue weighted by atomic mass is 16.6. The van der Waals surface area contributed by atoms with Gasteiger partial charge in [-0.05, 0) is 28.0 Å². The average Bonchev–Trinajstić information content (AvgIpc) is 3.07. The summed E-state index contributed by atoms with van der Waals surface area (Å²) in [5.41, 5.74) is 2.00. The maximum Gasteiger partial charge on any atom is 0.302 e. The summed E-state index contributed by atoms with van der Waals surface area (Å²) >= 11 is 0. The Kier molecular flexibility index (Phi) is 7.27. The van der Waals surface area contributed by atoms with Crippen LogP contribution in [0.4, 0.5) is 0 Å². The molecule has 0 aliphatic carbocycles. The molecule has 1 amide bonds. The molecule has 9 nitrogen and oxygen atoms in total. The van der Waals surface area contributed by atoms with Crippen molar-refractivity contribution in [2.24, 2.45) is 0 Å². The molecule has 27 heavy (non-hydrogen) atoms. The van der Waals surface area contributed by atoms with Crippen molar-refractivity contribution in [3.63, 3.8) is 0 Å². The van der Waals surface area contributed by atoms with Crippen LogP contribution in [0.15, 0.2) is 22.8 Å². The van der Waals surface area contributed by atoms with E-state index >= 15 is 0 Å². The fourth-order valence-electron chi connectivity index (χ4n) is 2.65. The molecular weight excluding hydrogens is 354 g/mol. The fourth-order valence-corrected chi connectivity index (χ4v) is 2.65. The van der Waals surface area contributed by atoms with Gasteiger partial charge in [0, 0.05) is 39.8 Å². The van der Waals surface area contributed by atoms with Gasteiger partial charge in [0.25, 0.3) is 0 Å². The quantitative estimate of drug-likeness (QED) is 0.604. The molecule has 0 fully saturated rings. The lowest BCUT2D eigenvalue weighted by Crippen LogP contribution is -2.39. The predicted molar refractivity (Wildman–Crippen MR) is 94.6 cm³/mol. The summed E-state index contributed by atoms with van der Waals surface area (Å²) in [5.74, 6) is -0.865. The lowest BCUT2D eigenvalue weighted by Gasteiger charge is -2.28. The van der Waals surface area contributed by atoms with Gasteiger partial charge in [-0.25, -0.2) is 4.63 Å². The van der Waals surface area contributed by atoms with Gasteiger partial charge in [-0.2, -0.15) is 0 Å². The van der Waals surface area contributed by atoms with Crippen molar-refractivity contribution in [3.8, 4) is 0 Å². The number of hydrogen-bond donors (Lipinski definition) is 0. The van der Waals surface area contributed by atoms with Gasteiger partial charge in [0.05, 0.1) is 19.6 Å². The molecule has 0 radical (unpaired) electrons.